The predicted octanol–water partition coefficient (Wildman–Crippen LogP) is 3.63. The summed E-state index contributed by atoms with van der Waals surface area (Å²) in [6.07, 6.45) is 9.41. The van der Waals surface area contributed by atoms with Crippen molar-refractivity contribution in [3.05, 3.63) is 11.1 Å². The lowest BCUT2D eigenvalue weighted by molar-refractivity contribution is -0.130. The van der Waals surface area contributed by atoms with Crippen LogP contribution in [0.4, 0.5) is 9.93 Å². The molecule has 1 aromatic heterocycles. The molecule has 0 spiro atoms. The van der Waals surface area contributed by atoms with Crippen LogP contribution in [0.2, 0.25) is 0 Å². The summed E-state index contributed by atoms with van der Waals surface area (Å²) in [5.74, 6) is 0.101. The van der Waals surface area contributed by atoms with Crippen LogP contribution in [0.25, 0.3) is 0 Å². The summed E-state index contributed by atoms with van der Waals surface area (Å²) in [6.45, 7) is 5.05. The van der Waals surface area contributed by atoms with E-state index in [9.17, 15) is 9.59 Å². The number of carbonyl (C=O) groups is 2. The van der Waals surface area contributed by atoms with E-state index in [-0.39, 0.29) is 24.0 Å². The van der Waals surface area contributed by atoms with Gasteiger partial charge in [0.2, 0.25) is 5.91 Å². The summed E-state index contributed by atoms with van der Waals surface area (Å²) in [7, 11) is 0. The molecule has 2 heterocycles. The first kappa shape index (κ1) is 18.2. The molecule has 1 saturated heterocycles. The number of anilines is 1. The zero-order valence-corrected chi connectivity index (χ0v) is 16.0. The highest BCUT2D eigenvalue weighted by atomic mass is 32.1. The van der Waals surface area contributed by atoms with Crippen molar-refractivity contribution in [1.29, 1.82) is 0 Å². The number of hydrogen-bond acceptors (Lipinski definition) is 4. The Labute approximate surface area is 153 Å². The van der Waals surface area contributed by atoms with Crippen molar-refractivity contribution in [2.45, 2.75) is 70.9 Å². The normalized spacial score (nSPS) is 21.8. The van der Waals surface area contributed by atoms with Gasteiger partial charge in [0.15, 0.2) is 5.13 Å². The van der Waals surface area contributed by atoms with Crippen molar-refractivity contribution < 1.29 is 9.59 Å². The number of urea groups is 1. The molecular weight excluding hydrogens is 336 g/mol. The maximum atomic E-state index is 13.1. The number of rotatable bonds is 3. The SMILES string of the molecule is CC(=O)N1CCCC(N(C(=O)Nc2ncc(C)s2)C2CCCCC2)C1. The zero-order chi connectivity index (χ0) is 17.8. The Morgan fingerprint density at radius 1 is 1.20 bits per heavy atom. The van der Waals surface area contributed by atoms with Crippen LogP contribution in [0.5, 0.6) is 0 Å². The molecule has 2 aliphatic rings. The van der Waals surface area contributed by atoms with Crippen LogP contribution in [-0.2, 0) is 4.79 Å². The molecular formula is C18H28N4O2S. The van der Waals surface area contributed by atoms with E-state index in [1.54, 1.807) is 13.1 Å². The Morgan fingerprint density at radius 2 is 1.92 bits per heavy atom. The van der Waals surface area contributed by atoms with Crippen molar-refractivity contribution in [1.82, 2.24) is 14.8 Å². The summed E-state index contributed by atoms with van der Waals surface area (Å²) in [5.41, 5.74) is 0. The fourth-order valence-electron chi connectivity index (χ4n) is 4.03. The fraction of sp³-hybridized carbons (Fsp3) is 0.722. The van der Waals surface area contributed by atoms with Gasteiger partial charge in [-0.2, -0.15) is 0 Å². The summed E-state index contributed by atoms with van der Waals surface area (Å²) in [6, 6.07) is 0.310. The topological polar surface area (TPSA) is 65.5 Å². The highest BCUT2D eigenvalue weighted by Crippen LogP contribution is 2.28. The minimum atomic E-state index is -0.0587. The molecule has 6 nitrogen and oxygen atoms in total. The standard InChI is InChI=1S/C18H28N4O2S/c1-13-11-19-17(25-13)20-18(24)22(15-7-4-3-5-8-15)16-9-6-10-21(12-16)14(2)23/h11,15-16H,3-10,12H2,1-2H3,(H,19,20,24). The minimum Gasteiger partial charge on any atom is -0.341 e. The third-order valence-electron chi connectivity index (χ3n) is 5.27. The molecule has 3 rings (SSSR count). The third-order valence-corrected chi connectivity index (χ3v) is 6.10. The van der Waals surface area contributed by atoms with Crippen molar-refractivity contribution in [2.24, 2.45) is 0 Å². The number of aryl methyl sites for hydroxylation is 1. The van der Waals surface area contributed by atoms with Crippen LogP contribution in [-0.4, -0.2) is 51.9 Å². The first-order valence-corrected chi connectivity index (χ1v) is 10.1. The second-order valence-electron chi connectivity index (χ2n) is 7.17. The van der Waals surface area contributed by atoms with Gasteiger partial charge >= 0.3 is 6.03 Å². The summed E-state index contributed by atoms with van der Waals surface area (Å²) >= 11 is 1.50. The maximum absolute atomic E-state index is 13.1. The van der Waals surface area contributed by atoms with E-state index in [2.05, 4.69) is 10.3 Å². The smallest absolute Gasteiger partial charge is 0.324 e. The fourth-order valence-corrected chi connectivity index (χ4v) is 4.68. The van der Waals surface area contributed by atoms with Gasteiger partial charge in [-0.25, -0.2) is 9.78 Å². The number of nitrogens with zero attached hydrogens (tertiary/aromatic N) is 3. The molecule has 3 amide bonds. The average Bonchev–Trinajstić information content (AvgIpc) is 3.01. The molecule has 138 valence electrons. The van der Waals surface area contributed by atoms with E-state index in [0.717, 1.165) is 37.1 Å². The van der Waals surface area contributed by atoms with Crippen molar-refractivity contribution in [3.63, 3.8) is 0 Å². The highest BCUT2D eigenvalue weighted by Gasteiger charge is 2.35. The third kappa shape index (κ3) is 4.51. The minimum absolute atomic E-state index is 0.0587. The molecule has 1 atom stereocenters. The molecule has 1 saturated carbocycles. The van der Waals surface area contributed by atoms with Gasteiger partial charge in [-0.05, 0) is 32.6 Å². The molecule has 1 unspecified atom stereocenters. The van der Waals surface area contributed by atoms with Crippen LogP contribution < -0.4 is 5.32 Å². The van der Waals surface area contributed by atoms with Gasteiger partial charge in [-0.15, -0.1) is 11.3 Å². The number of piperidine rings is 1. The molecule has 0 bridgehead atoms. The van der Waals surface area contributed by atoms with E-state index >= 15 is 0 Å². The largest absolute Gasteiger partial charge is 0.341 e. The van der Waals surface area contributed by atoms with Crippen molar-refractivity contribution in [3.8, 4) is 0 Å². The number of aromatic nitrogens is 1. The van der Waals surface area contributed by atoms with Gasteiger partial charge in [0.25, 0.3) is 0 Å². The number of hydrogen-bond donors (Lipinski definition) is 1. The molecule has 2 fully saturated rings. The average molecular weight is 365 g/mol. The first-order valence-electron chi connectivity index (χ1n) is 9.32. The number of likely N-dealkylation sites (tertiary alicyclic amines) is 1. The lowest BCUT2D eigenvalue weighted by Gasteiger charge is -2.43. The lowest BCUT2D eigenvalue weighted by atomic mass is 9.92. The molecule has 0 radical (unpaired) electrons. The number of carbonyl (C=O) groups excluding carboxylic acids is 2. The van der Waals surface area contributed by atoms with Gasteiger partial charge < -0.3 is 9.80 Å². The zero-order valence-electron chi connectivity index (χ0n) is 15.2. The van der Waals surface area contributed by atoms with E-state index in [1.807, 2.05) is 16.7 Å². The van der Waals surface area contributed by atoms with Crippen LogP contribution in [0.3, 0.4) is 0 Å². The van der Waals surface area contributed by atoms with Crippen molar-refractivity contribution >= 4 is 28.4 Å². The molecule has 0 aromatic carbocycles. The van der Waals surface area contributed by atoms with E-state index in [4.69, 9.17) is 0 Å². The second-order valence-corrected chi connectivity index (χ2v) is 8.40. The van der Waals surface area contributed by atoms with Gasteiger partial charge in [0.1, 0.15) is 0 Å². The monoisotopic (exact) mass is 364 g/mol. The quantitative estimate of drug-likeness (QED) is 0.891. The molecule has 1 aliphatic heterocycles. The Hall–Kier alpha value is -1.63. The highest BCUT2D eigenvalue weighted by molar-refractivity contribution is 7.15. The van der Waals surface area contributed by atoms with Gasteiger partial charge in [-0.3, -0.25) is 10.1 Å². The Balaban J connectivity index is 1.76. The molecule has 1 aromatic rings. The maximum Gasteiger partial charge on any atom is 0.324 e. The Bertz CT molecular complexity index is 612. The van der Waals surface area contributed by atoms with E-state index in [0.29, 0.717) is 11.7 Å². The van der Waals surface area contributed by atoms with Gasteiger partial charge in [0, 0.05) is 37.1 Å². The number of nitrogens with one attached hydrogen (secondary N) is 1. The van der Waals surface area contributed by atoms with Gasteiger partial charge in [0.05, 0.1) is 6.04 Å². The molecule has 1 aliphatic carbocycles. The summed E-state index contributed by atoms with van der Waals surface area (Å²) in [5, 5.41) is 3.65. The predicted molar refractivity (Wildman–Crippen MR) is 99.9 cm³/mol. The Kier molecular flexibility index (Phi) is 5.93. The second kappa shape index (κ2) is 8.17. The summed E-state index contributed by atoms with van der Waals surface area (Å²) < 4.78 is 0. The van der Waals surface area contributed by atoms with E-state index < -0.39 is 0 Å². The van der Waals surface area contributed by atoms with Crippen LogP contribution in [0, 0.1) is 6.92 Å². The lowest BCUT2D eigenvalue weighted by Crippen LogP contribution is -2.56. The van der Waals surface area contributed by atoms with Crippen LogP contribution in [0.15, 0.2) is 6.20 Å². The van der Waals surface area contributed by atoms with Crippen LogP contribution >= 0.6 is 11.3 Å². The molecule has 1 N–H and O–H groups in total. The number of thiazole rings is 1. The van der Waals surface area contributed by atoms with Crippen LogP contribution in [0.1, 0.15) is 56.7 Å². The summed E-state index contributed by atoms with van der Waals surface area (Å²) in [4.78, 5) is 34.1. The number of amides is 3. The molecule has 25 heavy (non-hydrogen) atoms. The van der Waals surface area contributed by atoms with Crippen molar-refractivity contribution in [2.75, 3.05) is 18.4 Å². The van der Waals surface area contributed by atoms with E-state index in [1.165, 1.54) is 30.6 Å². The molecule has 7 heteroatoms. The van der Waals surface area contributed by atoms with Gasteiger partial charge in [-0.1, -0.05) is 19.3 Å². The first-order chi connectivity index (χ1) is 12.0. The Morgan fingerprint density at radius 3 is 2.56 bits per heavy atom.